The van der Waals surface area contributed by atoms with E-state index in [0.717, 1.165) is 0 Å². The van der Waals surface area contributed by atoms with E-state index in [4.69, 9.17) is 5.73 Å². The van der Waals surface area contributed by atoms with Gasteiger partial charge in [-0.1, -0.05) is 59.7 Å². The zero-order chi connectivity index (χ0) is 15.2. The van der Waals surface area contributed by atoms with Crippen molar-refractivity contribution in [3.8, 4) is 0 Å². The fourth-order valence-corrected chi connectivity index (χ4v) is 2.01. The maximum absolute atomic E-state index is 6.94. The van der Waals surface area contributed by atoms with Crippen LogP contribution in [0.4, 0.5) is 0 Å². The first-order valence-electron chi connectivity index (χ1n) is 6.00. The molecule has 6 heteroatoms. The minimum atomic E-state index is -0.250. The molecule has 0 atom stereocenters. The number of nitrogens with one attached hydrogen (secondary N) is 1. The van der Waals surface area contributed by atoms with Crippen molar-refractivity contribution >= 4 is 58.4 Å². The van der Waals surface area contributed by atoms with Crippen LogP contribution in [0.3, 0.4) is 0 Å². The summed E-state index contributed by atoms with van der Waals surface area (Å²) in [7, 11) is 0. The third kappa shape index (κ3) is 15.0. The Labute approximate surface area is 181 Å². The van der Waals surface area contributed by atoms with Gasteiger partial charge in [0.1, 0.15) is 0 Å². The van der Waals surface area contributed by atoms with Crippen molar-refractivity contribution in [2.24, 2.45) is 0 Å². The molecule has 0 aromatic heterocycles. The normalized spacial score (nSPS) is 8.43. The first kappa shape index (κ1) is 35.1. The molecule has 0 unspecified atom stereocenters. The average Bonchev–Trinajstić information content (AvgIpc) is 2.68. The Balaban J connectivity index is -0.0000000871. The molecule has 0 spiro atoms. The van der Waals surface area contributed by atoms with Crippen LogP contribution in [0, 0.1) is 28.7 Å². The van der Waals surface area contributed by atoms with E-state index in [1.54, 1.807) is 0 Å². The number of hydrogen-bond donors (Lipinski definition) is 0. The minimum absolute atomic E-state index is 0. The predicted octanol–water partition coefficient (Wildman–Crippen LogP) is 7.14. The second kappa shape index (κ2) is 16.4. The van der Waals surface area contributed by atoms with Crippen LogP contribution in [0.15, 0.2) is 28.7 Å². The standard InChI is InChI=1S/C11H10Br.C4H10N.2CH3.2ClH.Si.Zr/c1-7-3-4-8(2)11-6-9(12)5-10(7)11;1-4(2,3)5;;;;;;/h3-6H,1-2H3;5H,1-3H3;2*1H3;2*1H;;/q4*-1;;;;. The SMILES string of the molecule is CC(C)(C)[NH-].Cc1ccc(C)c2[cH-]c(Br)cc12.Cl.Cl.[CH3-].[CH3-].[Si]=[Zr]. The molecule has 2 aromatic rings. The maximum atomic E-state index is 6.94. The molecule has 0 bridgehead atoms. The summed E-state index contributed by atoms with van der Waals surface area (Å²) in [5, 5.41) is 2.73. The van der Waals surface area contributed by atoms with E-state index >= 15 is 0 Å². The molecule has 2 rings (SSSR count). The van der Waals surface area contributed by atoms with E-state index in [9.17, 15) is 0 Å². The van der Waals surface area contributed by atoms with Crippen molar-refractivity contribution in [1.29, 1.82) is 0 Å². The molecule has 0 saturated carbocycles. The molecule has 2 aromatic carbocycles. The number of halogens is 3. The summed E-state index contributed by atoms with van der Waals surface area (Å²) in [6.07, 6.45) is 0. The first-order valence-corrected chi connectivity index (χ1v) is 11.0. The van der Waals surface area contributed by atoms with E-state index in [1.807, 2.05) is 20.8 Å². The van der Waals surface area contributed by atoms with Crippen molar-refractivity contribution in [1.82, 2.24) is 0 Å². The number of aryl methyl sites for hydroxylation is 2. The third-order valence-corrected chi connectivity index (χ3v) is 2.75. The number of rotatable bonds is 0. The van der Waals surface area contributed by atoms with Gasteiger partial charge in [-0.2, -0.15) is 6.07 Å². The Hall–Kier alpha value is 0.950. The topological polar surface area (TPSA) is 23.8 Å². The molecule has 0 aliphatic rings. The Kier molecular flexibility index (Phi) is 25.1. The van der Waals surface area contributed by atoms with Crippen LogP contribution in [-0.4, -0.2) is 12.4 Å². The molecule has 2 radical (unpaired) electrons. The van der Waals surface area contributed by atoms with Crippen molar-refractivity contribution in [2.75, 3.05) is 0 Å². The summed E-state index contributed by atoms with van der Waals surface area (Å²) in [4.78, 5) is 0. The van der Waals surface area contributed by atoms with Gasteiger partial charge < -0.3 is 20.6 Å². The van der Waals surface area contributed by atoms with Crippen LogP contribution in [0.2, 0.25) is 0 Å². The molecular weight excluding hydrogens is 488 g/mol. The van der Waals surface area contributed by atoms with Crippen LogP contribution in [0.25, 0.3) is 16.5 Å². The molecule has 0 fully saturated rings. The van der Waals surface area contributed by atoms with Crippen molar-refractivity contribution in [3.63, 3.8) is 0 Å². The number of benzene rings is 1. The van der Waals surface area contributed by atoms with E-state index < -0.39 is 0 Å². The molecule has 23 heavy (non-hydrogen) atoms. The molecule has 134 valence electrons. The molecule has 1 nitrogen and oxygen atoms in total. The van der Waals surface area contributed by atoms with Crippen LogP contribution in [0.1, 0.15) is 31.9 Å². The second-order valence-electron chi connectivity index (χ2n) is 5.45. The molecule has 0 aliphatic carbocycles. The fourth-order valence-electron chi connectivity index (χ4n) is 1.56. The third-order valence-electron chi connectivity index (χ3n) is 2.29. The Morgan fingerprint density at radius 3 is 1.74 bits per heavy atom. The number of fused-ring (bicyclic) bond motifs is 1. The Bertz CT molecular complexity index is 494. The molecular formula is C17H28BrCl2NSiZr-4. The predicted molar refractivity (Wildman–Crippen MR) is 114 cm³/mol. The van der Waals surface area contributed by atoms with Gasteiger partial charge in [0.15, 0.2) is 0 Å². The van der Waals surface area contributed by atoms with Crippen molar-refractivity contribution in [3.05, 3.63) is 60.5 Å². The molecule has 1 N–H and O–H groups in total. The van der Waals surface area contributed by atoms with Gasteiger partial charge in [-0.25, -0.2) is 0 Å². The van der Waals surface area contributed by atoms with Gasteiger partial charge in [-0.3, -0.25) is 0 Å². The summed E-state index contributed by atoms with van der Waals surface area (Å²) >= 11 is 4.85. The quantitative estimate of drug-likeness (QED) is 0.263. The summed E-state index contributed by atoms with van der Waals surface area (Å²) in [6.45, 7) is 12.9. The van der Waals surface area contributed by atoms with Crippen LogP contribution in [0.5, 0.6) is 0 Å². The van der Waals surface area contributed by atoms with Crippen LogP contribution >= 0.6 is 40.7 Å². The van der Waals surface area contributed by atoms with E-state index in [2.05, 4.69) is 60.9 Å². The Morgan fingerprint density at radius 2 is 1.39 bits per heavy atom. The van der Waals surface area contributed by atoms with Crippen LogP contribution < -0.4 is 0 Å². The first-order chi connectivity index (χ1) is 8.68. The van der Waals surface area contributed by atoms with Gasteiger partial charge in [0.05, 0.1) is 0 Å². The fraction of sp³-hybridized carbons (Fsp3) is 0.353. The van der Waals surface area contributed by atoms with Gasteiger partial charge in [0, 0.05) is 0 Å². The average molecular weight is 517 g/mol. The molecule has 0 saturated heterocycles. The monoisotopic (exact) mass is 513 g/mol. The van der Waals surface area contributed by atoms with E-state index in [0.29, 0.717) is 0 Å². The summed E-state index contributed by atoms with van der Waals surface area (Å²) in [6, 6.07) is 8.70. The van der Waals surface area contributed by atoms with Gasteiger partial charge in [-0.05, 0) is 6.92 Å². The number of hydrogen-bond acceptors (Lipinski definition) is 0. The van der Waals surface area contributed by atoms with Crippen LogP contribution in [-0.2, 0) is 23.3 Å². The zero-order valence-corrected chi connectivity index (χ0v) is 21.7. The molecule has 0 aliphatic heterocycles. The second-order valence-corrected chi connectivity index (χ2v) is 6.37. The van der Waals surface area contributed by atoms with E-state index in [-0.39, 0.29) is 45.2 Å². The van der Waals surface area contributed by atoms with Gasteiger partial charge in [0.25, 0.3) is 0 Å². The zero-order valence-electron chi connectivity index (χ0n) is 15.0. The van der Waals surface area contributed by atoms with E-state index in [1.165, 1.54) is 49.7 Å². The van der Waals surface area contributed by atoms with Gasteiger partial charge >= 0.3 is 30.2 Å². The molecule has 0 amide bonds. The van der Waals surface area contributed by atoms with Gasteiger partial charge in [0.2, 0.25) is 0 Å². The summed E-state index contributed by atoms with van der Waals surface area (Å²) in [5.74, 6) is 0. The van der Waals surface area contributed by atoms with Crippen molar-refractivity contribution in [2.45, 2.75) is 40.2 Å². The van der Waals surface area contributed by atoms with Gasteiger partial charge in [-0.15, -0.1) is 58.8 Å². The van der Waals surface area contributed by atoms with Crippen molar-refractivity contribution < 1.29 is 23.3 Å². The Morgan fingerprint density at radius 1 is 1.04 bits per heavy atom. The summed E-state index contributed by atoms with van der Waals surface area (Å²) in [5.41, 5.74) is 9.38. The summed E-state index contributed by atoms with van der Waals surface area (Å²) < 4.78 is 1.18. The molecule has 0 heterocycles.